The molecule has 3 rings (SSSR count). The molecule has 4 nitrogen and oxygen atoms in total. The van der Waals surface area contributed by atoms with Gasteiger partial charge in [0.1, 0.15) is 5.82 Å². The number of carboxylic acid groups (broad SMARTS) is 1. The average molecular weight is 372 g/mol. The van der Waals surface area contributed by atoms with E-state index in [4.69, 9.17) is 0 Å². The Kier molecular flexibility index (Phi) is 3.18. The summed E-state index contributed by atoms with van der Waals surface area (Å²) in [6, 6.07) is 2.96. The molecule has 1 saturated carbocycles. The van der Waals surface area contributed by atoms with Crippen LogP contribution in [0.15, 0.2) is 16.6 Å². The lowest BCUT2D eigenvalue weighted by molar-refractivity contribution is -0.147. The second kappa shape index (κ2) is 4.45. The smallest absolute Gasteiger partial charge is 0.307 e. The van der Waals surface area contributed by atoms with Crippen molar-refractivity contribution in [3.8, 4) is 0 Å². The first-order valence-corrected chi connectivity index (χ1v) is 8.07. The van der Waals surface area contributed by atoms with E-state index in [0.29, 0.717) is 24.1 Å². The van der Waals surface area contributed by atoms with Crippen molar-refractivity contribution in [1.82, 2.24) is 0 Å². The summed E-state index contributed by atoms with van der Waals surface area (Å²) >= 11 is 3.17. The first-order valence-electron chi connectivity index (χ1n) is 7.27. The zero-order valence-corrected chi connectivity index (χ0v) is 14.3. The number of rotatable bonds is 1. The van der Waals surface area contributed by atoms with E-state index in [1.54, 1.807) is 13.0 Å². The SMILES string of the molecule is CC1(C)Nc2cc(F)c(Br)cc2C2(C)C(C(=O)O)CCC12O. The van der Waals surface area contributed by atoms with Gasteiger partial charge in [-0.25, -0.2) is 4.39 Å². The van der Waals surface area contributed by atoms with E-state index in [2.05, 4.69) is 21.2 Å². The number of benzene rings is 1. The molecule has 1 aliphatic carbocycles. The van der Waals surface area contributed by atoms with Gasteiger partial charge in [-0.15, -0.1) is 0 Å². The third-order valence-electron chi connectivity index (χ3n) is 5.75. The first-order chi connectivity index (χ1) is 10.0. The predicted octanol–water partition coefficient (Wildman–Crippen LogP) is 3.28. The molecule has 0 spiro atoms. The minimum Gasteiger partial charge on any atom is -0.481 e. The second-order valence-electron chi connectivity index (χ2n) is 7.05. The normalized spacial score (nSPS) is 35.5. The van der Waals surface area contributed by atoms with E-state index in [1.165, 1.54) is 6.07 Å². The number of aliphatic carboxylic acids is 1. The summed E-state index contributed by atoms with van der Waals surface area (Å²) in [6.45, 7) is 5.45. The fourth-order valence-corrected chi connectivity index (χ4v) is 4.80. The number of halogens is 2. The van der Waals surface area contributed by atoms with Crippen molar-refractivity contribution in [2.45, 2.75) is 50.2 Å². The lowest BCUT2D eigenvalue weighted by Crippen LogP contribution is -2.67. The molecule has 6 heteroatoms. The Morgan fingerprint density at radius 1 is 1.41 bits per heavy atom. The Morgan fingerprint density at radius 2 is 2.05 bits per heavy atom. The molecule has 0 saturated heterocycles. The summed E-state index contributed by atoms with van der Waals surface area (Å²) in [7, 11) is 0. The Bertz CT molecular complexity index is 678. The summed E-state index contributed by atoms with van der Waals surface area (Å²) in [5.74, 6) is -2.06. The molecular formula is C16H19BrFNO3. The van der Waals surface area contributed by atoms with Crippen molar-refractivity contribution in [1.29, 1.82) is 0 Å². The molecule has 1 fully saturated rings. The lowest BCUT2D eigenvalue weighted by atomic mass is 9.57. The van der Waals surface area contributed by atoms with Crippen molar-refractivity contribution in [2.24, 2.45) is 5.92 Å². The van der Waals surface area contributed by atoms with E-state index >= 15 is 0 Å². The Labute approximate surface area is 136 Å². The molecule has 0 amide bonds. The van der Waals surface area contributed by atoms with Crippen LogP contribution in [0.3, 0.4) is 0 Å². The van der Waals surface area contributed by atoms with Crippen LogP contribution in [0.25, 0.3) is 0 Å². The molecular weight excluding hydrogens is 353 g/mol. The molecule has 1 heterocycles. The van der Waals surface area contributed by atoms with Gasteiger partial charge in [-0.3, -0.25) is 4.79 Å². The van der Waals surface area contributed by atoms with E-state index in [-0.39, 0.29) is 4.47 Å². The maximum Gasteiger partial charge on any atom is 0.307 e. The van der Waals surface area contributed by atoms with Crippen molar-refractivity contribution in [3.63, 3.8) is 0 Å². The molecule has 3 unspecified atom stereocenters. The fraction of sp³-hybridized carbons (Fsp3) is 0.562. The molecule has 1 aliphatic heterocycles. The standard InChI is InChI=1S/C16H19BrFNO3/c1-14(2)16(22)5-4-8(13(20)21)15(16,3)9-6-10(17)11(18)7-12(9)19-14/h6-8,19,22H,4-5H2,1-3H3,(H,20,21). The zero-order valence-electron chi connectivity index (χ0n) is 12.7. The summed E-state index contributed by atoms with van der Waals surface area (Å²) in [5, 5.41) is 24.2. The summed E-state index contributed by atoms with van der Waals surface area (Å²) in [5.41, 5.74) is -1.79. The molecule has 120 valence electrons. The molecule has 2 aliphatic rings. The highest BCUT2D eigenvalue weighted by atomic mass is 79.9. The maximum atomic E-state index is 13.9. The zero-order chi connectivity index (χ0) is 16.5. The van der Waals surface area contributed by atoms with Crippen LogP contribution in [-0.2, 0) is 10.2 Å². The number of carboxylic acids is 1. The Morgan fingerprint density at radius 3 is 2.64 bits per heavy atom. The minimum absolute atomic E-state index is 0.271. The van der Waals surface area contributed by atoms with Crippen LogP contribution >= 0.6 is 15.9 Å². The minimum atomic E-state index is -1.23. The topological polar surface area (TPSA) is 69.6 Å². The largest absolute Gasteiger partial charge is 0.481 e. The first kappa shape index (κ1) is 15.7. The highest BCUT2D eigenvalue weighted by molar-refractivity contribution is 9.10. The number of nitrogens with one attached hydrogen (secondary N) is 1. The average Bonchev–Trinajstić information content (AvgIpc) is 2.68. The number of hydrogen-bond donors (Lipinski definition) is 3. The van der Waals surface area contributed by atoms with Crippen LogP contribution in [0.1, 0.15) is 39.2 Å². The lowest BCUT2D eigenvalue weighted by Gasteiger charge is -2.56. The van der Waals surface area contributed by atoms with Crippen LogP contribution in [-0.4, -0.2) is 27.3 Å². The van der Waals surface area contributed by atoms with Gasteiger partial charge in [0.2, 0.25) is 0 Å². The van der Waals surface area contributed by atoms with Gasteiger partial charge < -0.3 is 15.5 Å². The van der Waals surface area contributed by atoms with Gasteiger partial charge in [0.05, 0.1) is 21.5 Å². The van der Waals surface area contributed by atoms with Crippen LogP contribution in [0, 0.1) is 11.7 Å². The molecule has 3 N–H and O–H groups in total. The quantitative estimate of drug-likeness (QED) is 0.708. The molecule has 1 aromatic rings. The highest BCUT2D eigenvalue weighted by Crippen LogP contribution is 2.61. The van der Waals surface area contributed by atoms with Crippen molar-refractivity contribution in [3.05, 3.63) is 28.0 Å². The van der Waals surface area contributed by atoms with Gasteiger partial charge in [-0.2, -0.15) is 0 Å². The molecule has 22 heavy (non-hydrogen) atoms. The molecule has 0 aromatic heterocycles. The van der Waals surface area contributed by atoms with E-state index in [1.807, 2.05) is 13.8 Å². The monoisotopic (exact) mass is 371 g/mol. The van der Waals surface area contributed by atoms with Crippen LogP contribution in [0.4, 0.5) is 10.1 Å². The van der Waals surface area contributed by atoms with E-state index < -0.39 is 34.3 Å². The van der Waals surface area contributed by atoms with Crippen LogP contribution in [0.5, 0.6) is 0 Å². The highest BCUT2D eigenvalue weighted by Gasteiger charge is 2.68. The number of fused-ring (bicyclic) bond motifs is 3. The van der Waals surface area contributed by atoms with Crippen molar-refractivity contribution < 1.29 is 19.4 Å². The van der Waals surface area contributed by atoms with Gasteiger partial charge in [0.15, 0.2) is 0 Å². The van der Waals surface area contributed by atoms with Gasteiger partial charge in [-0.05, 0) is 60.3 Å². The van der Waals surface area contributed by atoms with Gasteiger partial charge in [0.25, 0.3) is 0 Å². The van der Waals surface area contributed by atoms with Crippen molar-refractivity contribution >= 4 is 27.6 Å². The second-order valence-corrected chi connectivity index (χ2v) is 7.91. The number of aliphatic hydroxyl groups is 1. The molecule has 3 atom stereocenters. The molecule has 0 bridgehead atoms. The summed E-state index contributed by atoms with van der Waals surface area (Å²) in [4.78, 5) is 11.8. The Balaban J connectivity index is 2.34. The van der Waals surface area contributed by atoms with Crippen LogP contribution < -0.4 is 5.32 Å². The van der Waals surface area contributed by atoms with Gasteiger partial charge >= 0.3 is 5.97 Å². The van der Waals surface area contributed by atoms with Gasteiger partial charge in [0, 0.05) is 11.1 Å². The van der Waals surface area contributed by atoms with Crippen LogP contribution in [0.2, 0.25) is 0 Å². The summed E-state index contributed by atoms with van der Waals surface area (Å²) < 4.78 is 14.2. The predicted molar refractivity (Wildman–Crippen MR) is 84.5 cm³/mol. The fourth-order valence-electron chi connectivity index (χ4n) is 4.45. The van der Waals surface area contributed by atoms with Crippen molar-refractivity contribution in [2.75, 3.05) is 5.32 Å². The van der Waals surface area contributed by atoms with E-state index in [9.17, 15) is 19.4 Å². The molecule has 0 radical (unpaired) electrons. The number of carbonyl (C=O) groups is 1. The third kappa shape index (κ3) is 1.68. The number of hydrogen-bond acceptors (Lipinski definition) is 3. The molecule has 1 aromatic carbocycles. The summed E-state index contributed by atoms with van der Waals surface area (Å²) in [6.07, 6.45) is 0.775. The van der Waals surface area contributed by atoms with E-state index in [0.717, 1.165) is 0 Å². The third-order valence-corrected chi connectivity index (χ3v) is 6.36. The maximum absolute atomic E-state index is 13.9. The number of anilines is 1. The Hall–Kier alpha value is -1.14. The van der Waals surface area contributed by atoms with Gasteiger partial charge in [-0.1, -0.05) is 6.92 Å².